The molecule has 0 heterocycles. The van der Waals surface area contributed by atoms with Gasteiger partial charge >= 0.3 is 6.03 Å². The molecule has 0 spiro atoms. The number of nitrogens with zero attached hydrogens (tertiary/aromatic N) is 1. The molecule has 0 fully saturated rings. The van der Waals surface area contributed by atoms with Crippen LogP contribution >= 0.6 is 0 Å². The third-order valence-electron chi connectivity index (χ3n) is 0.927. The molecule has 0 unspecified atom stereocenters. The summed E-state index contributed by atoms with van der Waals surface area (Å²) in [5.74, 6) is 0.490. The highest BCUT2D eigenvalue weighted by atomic mass is 32.2. The van der Waals surface area contributed by atoms with Gasteiger partial charge in [0.25, 0.3) is 0 Å². The van der Waals surface area contributed by atoms with Crippen molar-refractivity contribution in [3.05, 3.63) is 0 Å². The molecule has 0 aliphatic heterocycles. The van der Waals surface area contributed by atoms with Crippen LogP contribution in [0.1, 0.15) is 13.8 Å². The summed E-state index contributed by atoms with van der Waals surface area (Å²) in [5, 5.41) is 2.71. The lowest BCUT2D eigenvalue weighted by Crippen LogP contribution is -2.24. The summed E-state index contributed by atoms with van der Waals surface area (Å²) in [5.41, 5.74) is 0. The smallest absolute Gasteiger partial charge is 0.336 e. The van der Waals surface area contributed by atoms with Gasteiger partial charge in [-0.3, -0.25) is 0 Å². The van der Waals surface area contributed by atoms with Gasteiger partial charge in [0.2, 0.25) is 0 Å². The Labute approximate surface area is 70.7 Å². The van der Waals surface area contributed by atoms with E-state index in [1.807, 2.05) is 12.5 Å². The van der Waals surface area contributed by atoms with E-state index in [4.69, 9.17) is 0 Å². The maximum absolute atomic E-state index is 10.9. The fourth-order valence-electron chi connectivity index (χ4n) is 0.490. The molecule has 2 amide bonds. The highest BCUT2D eigenvalue weighted by Gasteiger charge is 1.97. The molecule has 0 saturated heterocycles. The van der Waals surface area contributed by atoms with Gasteiger partial charge in [0.15, 0.2) is 0 Å². The first-order valence-electron chi connectivity index (χ1n) is 3.59. The normalized spacial score (nSPS) is 10.4. The number of nitrogens with one attached hydrogen (secondary N) is 1. The standard InChI is InChI=1S/C7H16N2OS/c1-6(2)5-8-7(10)9-11(3)4/h6H,5H2,1-4H3,(H,8,10). The lowest BCUT2D eigenvalue weighted by Gasteiger charge is -2.03. The Hall–Kier alpha value is -0.380. The van der Waals surface area contributed by atoms with Crippen molar-refractivity contribution in [2.75, 3.05) is 19.1 Å². The van der Waals surface area contributed by atoms with E-state index in [9.17, 15) is 4.79 Å². The molecule has 11 heavy (non-hydrogen) atoms. The zero-order valence-corrected chi connectivity index (χ0v) is 8.36. The molecule has 0 radical (unpaired) electrons. The third-order valence-corrected chi connectivity index (χ3v) is 1.46. The van der Waals surface area contributed by atoms with Gasteiger partial charge in [-0.05, 0) is 18.4 Å². The Bertz CT molecular complexity index is 162. The number of hydrogen-bond acceptors (Lipinski definition) is 1. The number of amides is 2. The predicted octanol–water partition coefficient (Wildman–Crippen LogP) is 1.41. The zero-order chi connectivity index (χ0) is 8.85. The number of carbonyl (C=O) groups is 1. The largest absolute Gasteiger partial charge is 0.346 e. The van der Waals surface area contributed by atoms with Crippen LogP contribution in [0.3, 0.4) is 0 Å². The van der Waals surface area contributed by atoms with E-state index in [1.165, 1.54) is 0 Å². The fourth-order valence-corrected chi connectivity index (χ4v) is 0.886. The summed E-state index contributed by atoms with van der Waals surface area (Å²) in [4.78, 5) is 10.9. The molecular formula is C7H16N2OS. The molecule has 0 bridgehead atoms. The van der Waals surface area contributed by atoms with E-state index in [0.717, 1.165) is 0 Å². The van der Waals surface area contributed by atoms with E-state index in [0.29, 0.717) is 12.5 Å². The minimum atomic E-state index is -0.188. The van der Waals surface area contributed by atoms with E-state index < -0.39 is 0 Å². The minimum absolute atomic E-state index is 0.147. The van der Waals surface area contributed by atoms with Crippen LogP contribution in [0.25, 0.3) is 0 Å². The minimum Gasteiger partial charge on any atom is -0.336 e. The van der Waals surface area contributed by atoms with E-state index in [1.54, 1.807) is 0 Å². The van der Waals surface area contributed by atoms with Crippen LogP contribution in [-0.4, -0.2) is 25.1 Å². The Morgan fingerprint density at radius 2 is 2.09 bits per heavy atom. The molecule has 0 aliphatic carbocycles. The summed E-state index contributed by atoms with van der Waals surface area (Å²) in [6.45, 7) is 4.81. The van der Waals surface area contributed by atoms with Gasteiger partial charge in [-0.25, -0.2) is 4.79 Å². The Morgan fingerprint density at radius 3 is 2.45 bits per heavy atom. The Kier molecular flexibility index (Phi) is 5.11. The second-order valence-electron chi connectivity index (χ2n) is 2.94. The molecule has 66 valence electrons. The number of carbonyl (C=O) groups excluding carboxylic acids is 1. The molecule has 0 atom stereocenters. The number of rotatable bonds is 2. The fraction of sp³-hybridized carbons (Fsp3) is 0.857. The van der Waals surface area contributed by atoms with E-state index in [-0.39, 0.29) is 16.7 Å². The van der Waals surface area contributed by atoms with Gasteiger partial charge in [-0.15, -0.1) is 0 Å². The molecule has 3 nitrogen and oxygen atoms in total. The van der Waals surface area contributed by atoms with Crippen LogP contribution in [0, 0.1) is 5.92 Å². The summed E-state index contributed by atoms with van der Waals surface area (Å²) in [6.07, 6.45) is 3.82. The van der Waals surface area contributed by atoms with Crippen molar-refractivity contribution in [1.29, 1.82) is 0 Å². The molecule has 0 aliphatic rings. The molecule has 0 rings (SSSR count). The summed E-state index contributed by atoms with van der Waals surface area (Å²) >= 11 is 0. The number of urea groups is 1. The van der Waals surface area contributed by atoms with Gasteiger partial charge in [0, 0.05) is 6.54 Å². The summed E-state index contributed by atoms with van der Waals surface area (Å²) < 4.78 is 3.83. The SMILES string of the molecule is CC(C)CNC(=O)N=S(C)C. The van der Waals surface area contributed by atoms with E-state index in [2.05, 4.69) is 23.5 Å². The maximum atomic E-state index is 10.9. The third kappa shape index (κ3) is 7.52. The van der Waals surface area contributed by atoms with Gasteiger partial charge in [-0.1, -0.05) is 24.5 Å². The monoisotopic (exact) mass is 176 g/mol. The van der Waals surface area contributed by atoms with Gasteiger partial charge < -0.3 is 5.32 Å². The van der Waals surface area contributed by atoms with Gasteiger partial charge in [0.05, 0.1) is 0 Å². The van der Waals surface area contributed by atoms with E-state index >= 15 is 0 Å². The summed E-state index contributed by atoms with van der Waals surface area (Å²) in [7, 11) is -0.147. The Balaban J connectivity index is 3.63. The first-order valence-corrected chi connectivity index (χ1v) is 5.59. The quantitative estimate of drug-likeness (QED) is 0.679. The first-order chi connectivity index (χ1) is 5.02. The average molecular weight is 176 g/mol. The highest BCUT2D eigenvalue weighted by Crippen LogP contribution is 1.88. The van der Waals surface area contributed by atoms with Gasteiger partial charge in [-0.2, -0.15) is 4.36 Å². The number of hydrogen-bond donors (Lipinski definition) is 1. The van der Waals surface area contributed by atoms with Crippen LogP contribution in [0.5, 0.6) is 0 Å². The molecule has 4 heteroatoms. The van der Waals surface area contributed by atoms with Crippen molar-refractivity contribution in [2.45, 2.75) is 13.8 Å². The van der Waals surface area contributed by atoms with Crippen molar-refractivity contribution < 1.29 is 4.79 Å². The topological polar surface area (TPSA) is 41.5 Å². The molecule has 1 N–H and O–H groups in total. The zero-order valence-electron chi connectivity index (χ0n) is 7.55. The predicted molar refractivity (Wildman–Crippen MR) is 49.9 cm³/mol. The molecule has 0 aromatic rings. The maximum Gasteiger partial charge on any atom is 0.346 e. The van der Waals surface area contributed by atoms with Crippen molar-refractivity contribution in [1.82, 2.24) is 5.32 Å². The van der Waals surface area contributed by atoms with Gasteiger partial charge in [0.1, 0.15) is 0 Å². The van der Waals surface area contributed by atoms with Crippen LogP contribution in [0.2, 0.25) is 0 Å². The first kappa shape index (κ1) is 10.6. The lowest BCUT2D eigenvalue weighted by atomic mass is 10.2. The van der Waals surface area contributed by atoms with Crippen molar-refractivity contribution in [2.24, 2.45) is 10.3 Å². The average Bonchev–Trinajstić information content (AvgIpc) is 1.82. The molecule has 0 saturated carbocycles. The Morgan fingerprint density at radius 1 is 1.55 bits per heavy atom. The van der Waals surface area contributed by atoms with Crippen molar-refractivity contribution in [3.63, 3.8) is 0 Å². The molecular weight excluding hydrogens is 160 g/mol. The van der Waals surface area contributed by atoms with Crippen molar-refractivity contribution in [3.8, 4) is 0 Å². The van der Waals surface area contributed by atoms with Crippen molar-refractivity contribution >= 4 is 16.7 Å². The molecule has 0 aromatic carbocycles. The molecule has 0 aromatic heterocycles. The van der Waals surface area contributed by atoms with Crippen LogP contribution in [-0.2, 0) is 10.7 Å². The van der Waals surface area contributed by atoms with Crippen LogP contribution < -0.4 is 5.32 Å². The second kappa shape index (κ2) is 5.29. The van der Waals surface area contributed by atoms with Crippen LogP contribution in [0.15, 0.2) is 4.36 Å². The van der Waals surface area contributed by atoms with Crippen LogP contribution in [0.4, 0.5) is 4.79 Å². The second-order valence-corrected chi connectivity index (χ2v) is 4.67. The lowest BCUT2D eigenvalue weighted by molar-refractivity contribution is 0.248. The summed E-state index contributed by atoms with van der Waals surface area (Å²) in [6, 6.07) is -0.188. The highest BCUT2D eigenvalue weighted by molar-refractivity contribution is 7.86.